The van der Waals surface area contributed by atoms with Gasteiger partial charge < -0.3 is 39.5 Å². The van der Waals surface area contributed by atoms with E-state index in [1.165, 1.54) is 12.1 Å². The topological polar surface area (TPSA) is 138 Å². The fraction of sp³-hybridized carbons (Fsp3) is 0.618. The molecule has 4 aliphatic heterocycles. The van der Waals surface area contributed by atoms with Crippen LogP contribution < -0.4 is 20.3 Å². The summed E-state index contributed by atoms with van der Waals surface area (Å²) < 4.78 is 33.8. The number of hydrogen-bond acceptors (Lipinski definition) is 9. The zero-order chi connectivity index (χ0) is 34.4. The van der Waals surface area contributed by atoms with Gasteiger partial charge in [0, 0.05) is 38.3 Å². The first-order valence-electron chi connectivity index (χ1n) is 16.8. The number of anilines is 2. The lowest BCUT2D eigenvalue weighted by atomic mass is 10.0. The molecular weight excluding hydrogens is 621 g/mol. The lowest BCUT2D eigenvalue weighted by Crippen LogP contribution is -2.50. The standard InChI is InChI=1S/C34H46FN7O6/c1-7-36-31(44)37-25-13-10-20(15-24(25)35)27-26-28(39-30(38-27)40-17-22-11-12-23(18-40)46-22)47-34(5,6)19-41(29(26)43)16-21-9-8-14-42(21)32(45)48-33(2,3)4/h10,13,15,21-23H,7-9,11-12,14,16-19H2,1-6H3,(H2,36,37,44). The summed E-state index contributed by atoms with van der Waals surface area (Å²) in [6, 6.07) is 3.54. The summed E-state index contributed by atoms with van der Waals surface area (Å²) in [5, 5.41) is 5.10. The lowest BCUT2D eigenvalue weighted by molar-refractivity contribution is 0.0158. The smallest absolute Gasteiger partial charge is 0.410 e. The molecule has 3 atom stereocenters. The van der Waals surface area contributed by atoms with Crippen LogP contribution in [0, 0.1) is 5.82 Å². The maximum atomic E-state index is 15.5. The molecule has 5 heterocycles. The zero-order valence-electron chi connectivity index (χ0n) is 28.6. The van der Waals surface area contributed by atoms with Crippen LogP contribution in [0.1, 0.15) is 77.6 Å². The van der Waals surface area contributed by atoms with Crippen molar-refractivity contribution < 1.29 is 33.0 Å². The van der Waals surface area contributed by atoms with Gasteiger partial charge in [-0.1, -0.05) is 6.07 Å². The summed E-state index contributed by atoms with van der Waals surface area (Å²) in [6.07, 6.45) is 3.10. The number of carbonyl (C=O) groups is 3. The van der Waals surface area contributed by atoms with E-state index in [1.807, 2.05) is 39.5 Å². The second-order valence-electron chi connectivity index (χ2n) is 14.6. The Kier molecular flexibility index (Phi) is 9.14. The van der Waals surface area contributed by atoms with E-state index < -0.39 is 29.1 Å². The van der Waals surface area contributed by atoms with Crippen LogP contribution >= 0.6 is 0 Å². The van der Waals surface area contributed by atoms with E-state index in [0.717, 1.165) is 19.3 Å². The molecule has 0 aliphatic carbocycles. The van der Waals surface area contributed by atoms with Gasteiger partial charge in [0.05, 0.1) is 36.2 Å². The highest BCUT2D eigenvalue weighted by Gasteiger charge is 2.42. The van der Waals surface area contributed by atoms with E-state index in [2.05, 4.69) is 10.6 Å². The van der Waals surface area contributed by atoms with E-state index in [0.29, 0.717) is 44.1 Å². The number of nitrogens with zero attached hydrogens (tertiary/aromatic N) is 5. The quantitative estimate of drug-likeness (QED) is 0.445. The molecule has 0 saturated carbocycles. The zero-order valence-corrected chi connectivity index (χ0v) is 28.6. The van der Waals surface area contributed by atoms with Crippen LogP contribution in [0.2, 0.25) is 0 Å². The molecule has 260 valence electrons. The van der Waals surface area contributed by atoms with Crippen molar-refractivity contribution in [2.45, 2.75) is 96.7 Å². The number of fused-ring (bicyclic) bond motifs is 3. The molecule has 1 aromatic heterocycles. The Morgan fingerprint density at radius 1 is 1.12 bits per heavy atom. The highest BCUT2D eigenvalue weighted by molar-refractivity contribution is 6.03. The first kappa shape index (κ1) is 33.7. The third-order valence-corrected chi connectivity index (χ3v) is 8.90. The van der Waals surface area contributed by atoms with Crippen molar-refractivity contribution in [1.82, 2.24) is 25.1 Å². The number of carbonyl (C=O) groups excluding carboxylic acids is 3. The Labute approximate surface area is 280 Å². The number of rotatable bonds is 6. The van der Waals surface area contributed by atoms with Crippen LogP contribution in [0.5, 0.6) is 5.88 Å². The minimum absolute atomic E-state index is 0.0105. The van der Waals surface area contributed by atoms with Gasteiger partial charge in [-0.05, 0) is 79.4 Å². The molecule has 13 nitrogen and oxygen atoms in total. The van der Waals surface area contributed by atoms with Gasteiger partial charge in [-0.2, -0.15) is 4.98 Å². The highest BCUT2D eigenvalue weighted by Crippen LogP contribution is 2.39. The molecule has 0 radical (unpaired) electrons. The third-order valence-electron chi connectivity index (χ3n) is 8.90. The van der Waals surface area contributed by atoms with Gasteiger partial charge in [0.2, 0.25) is 11.8 Å². The number of nitrogens with one attached hydrogen (secondary N) is 2. The second kappa shape index (κ2) is 13.0. The first-order chi connectivity index (χ1) is 22.7. The molecular formula is C34H46FN7O6. The van der Waals surface area contributed by atoms with Crippen molar-refractivity contribution in [3.63, 3.8) is 0 Å². The minimum Gasteiger partial charge on any atom is -0.469 e. The number of urea groups is 1. The van der Waals surface area contributed by atoms with E-state index in [-0.39, 0.29) is 60.1 Å². The van der Waals surface area contributed by atoms with Crippen molar-refractivity contribution in [2.24, 2.45) is 0 Å². The molecule has 4 aliphatic rings. The molecule has 3 saturated heterocycles. The summed E-state index contributed by atoms with van der Waals surface area (Å²) in [5.41, 5.74) is -0.843. The minimum atomic E-state index is -0.852. The molecule has 2 N–H and O–H groups in total. The maximum absolute atomic E-state index is 15.5. The fourth-order valence-electron chi connectivity index (χ4n) is 6.89. The SMILES string of the molecule is CCNC(=O)Nc1ccc(-c2nc(N3CC4CCC(C3)O4)nc3c2C(=O)N(CC2CCCN2C(=O)OC(C)(C)C)CC(C)(C)O3)cc1F. The molecule has 1 aromatic carbocycles. The van der Waals surface area contributed by atoms with Crippen molar-refractivity contribution >= 4 is 29.7 Å². The lowest BCUT2D eigenvalue weighted by Gasteiger charge is -2.34. The van der Waals surface area contributed by atoms with Crippen molar-refractivity contribution in [2.75, 3.05) is 49.5 Å². The van der Waals surface area contributed by atoms with Gasteiger partial charge in [-0.3, -0.25) is 4.79 Å². The van der Waals surface area contributed by atoms with Gasteiger partial charge in [0.1, 0.15) is 22.6 Å². The van der Waals surface area contributed by atoms with Gasteiger partial charge in [0.15, 0.2) is 0 Å². The number of ether oxygens (including phenoxy) is 3. The van der Waals surface area contributed by atoms with Crippen molar-refractivity contribution in [1.29, 1.82) is 0 Å². The summed E-state index contributed by atoms with van der Waals surface area (Å²) in [7, 11) is 0. The number of aromatic nitrogens is 2. The Morgan fingerprint density at radius 2 is 1.85 bits per heavy atom. The molecule has 3 fully saturated rings. The van der Waals surface area contributed by atoms with Gasteiger partial charge in [-0.25, -0.2) is 19.0 Å². The van der Waals surface area contributed by atoms with E-state index >= 15 is 4.39 Å². The van der Waals surface area contributed by atoms with E-state index in [9.17, 15) is 14.4 Å². The Bertz CT molecular complexity index is 1570. The number of amides is 4. The molecule has 2 bridgehead atoms. The molecule has 2 aromatic rings. The predicted octanol–water partition coefficient (Wildman–Crippen LogP) is 4.80. The third kappa shape index (κ3) is 7.27. The number of halogens is 1. The summed E-state index contributed by atoms with van der Waals surface area (Å²) >= 11 is 0. The monoisotopic (exact) mass is 667 g/mol. The van der Waals surface area contributed by atoms with E-state index in [1.54, 1.807) is 22.8 Å². The van der Waals surface area contributed by atoms with Crippen molar-refractivity contribution in [3.05, 3.63) is 29.6 Å². The highest BCUT2D eigenvalue weighted by atomic mass is 19.1. The van der Waals surface area contributed by atoms with Crippen LogP contribution in [-0.4, -0.2) is 107 Å². The number of morpholine rings is 1. The summed E-state index contributed by atoms with van der Waals surface area (Å²) in [6.45, 7) is 13.6. The first-order valence-corrected chi connectivity index (χ1v) is 16.8. The summed E-state index contributed by atoms with van der Waals surface area (Å²) in [5.74, 6) is -0.570. The number of benzene rings is 1. The van der Waals surface area contributed by atoms with Gasteiger partial charge in [-0.15, -0.1) is 0 Å². The average Bonchev–Trinajstić information content (AvgIpc) is 3.58. The predicted molar refractivity (Wildman–Crippen MR) is 177 cm³/mol. The van der Waals surface area contributed by atoms with E-state index in [4.69, 9.17) is 24.2 Å². The molecule has 48 heavy (non-hydrogen) atoms. The molecule has 6 rings (SSSR count). The Balaban J connectivity index is 1.39. The van der Waals surface area contributed by atoms with Crippen LogP contribution in [0.4, 0.5) is 25.6 Å². The van der Waals surface area contributed by atoms with Gasteiger partial charge in [0.25, 0.3) is 5.91 Å². The molecule has 4 amide bonds. The van der Waals surface area contributed by atoms with Crippen LogP contribution in [0.15, 0.2) is 18.2 Å². The van der Waals surface area contributed by atoms with Crippen LogP contribution in [0.25, 0.3) is 11.3 Å². The molecule has 3 unspecified atom stereocenters. The van der Waals surface area contributed by atoms with Crippen LogP contribution in [-0.2, 0) is 9.47 Å². The normalized spacial score (nSPS) is 23.4. The summed E-state index contributed by atoms with van der Waals surface area (Å²) in [4.78, 5) is 55.0. The maximum Gasteiger partial charge on any atom is 0.410 e. The van der Waals surface area contributed by atoms with Gasteiger partial charge >= 0.3 is 12.1 Å². The fourth-order valence-corrected chi connectivity index (χ4v) is 6.89. The van der Waals surface area contributed by atoms with Crippen LogP contribution in [0.3, 0.4) is 0 Å². The second-order valence-corrected chi connectivity index (χ2v) is 14.6. The Hall–Kier alpha value is -4.20. The largest absolute Gasteiger partial charge is 0.469 e. The number of hydrogen-bond donors (Lipinski definition) is 2. The number of likely N-dealkylation sites (tertiary alicyclic amines) is 1. The average molecular weight is 668 g/mol. The Morgan fingerprint density at radius 3 is 2.52 bits per heavy atom. The molecule has 14 heteroatoms. The van der Waals surface area contributed by atoms with Crippen molar-refractivity contribution in [3.8, 4) is 17.1 Å². The molecule has 0 spiro atoms.